The van der Waals surface area contributed by atoms with E-state index in [1.54, 1.807) is 23.1 Å². The molecule has 2 saturated heterocycles. The van der Waals surface area contributed by atoms with Gasteiger partial charge < -0.3 is 14.9 Å². The quantitative estimate of drug-likeness (QED) is 0.853. The van der Waals surface area contributed by atoms with Crippen LogP contribution in [0.25, 0.3) is 0 Å². The van der Waals surface area contributed by atoms with Crippen LogP contribution >= 0.6 is 0 Å². The molecule has 0 aromatic heterocycles. The molecular formula is C20H26N2O3. The molecule has 2 aliphatic heterocycles. The highest BCUT2D eigenvalue weighted by molar-refractivity contribution is 5.82. The van der Waals surface area contributed by atoms with Gasteiger partial charge in [-0.15, -0.1) is 6.58 Å². The Labute approximate surface area is 148 Å². The summed E-state index contributed by atoms with van der Waals surface area (Å²) in [6.07, 6.45) is 3.89. The normalized spacial score (nSPS) is 21.2. The van der Waals surface area contributed by atoms with Gasteiger partial charge >= 0.3 is 0 Å². The first-order chi connectivity index (χ1) is 12.0. The molecule has 5 nitrogen and oxygen atoms in total. The summed E-state index contributed by atoms with van der Waals surface area (Å²) in [7, 11) is 0. The molecule has 134 valence electrons. The van der Waals surface area contributed by atoms with Gasteiger partial charge in [0.15, 0.2) is 6.10 Å². The molecule has 1 spiro atoms. The summed E-state index contributed by atoms with van der Waals surface area (Å²) in [4.78, 5) is 28.2. The first-order valence-electron chi connectivity index (χ1n) is 8.95. The SMILES string of the molecule is C=CCN1CC2(CCC1=O)CCN(C(=O)C(O)c1ccccc1)CC2. The average molecular weight is 342 g/mol. The molecule has 2 amide bonds. The molecule has 0 radical (unpaired) electrons. The zero-order valence-corrected chi connectivity index (χ0v) is 14.6. The van der Waals surface area contributed by atoms with E-state index in [1.165, 1.54) is 0 Å². The molecule has 0 bridgehead atoms. The number of amides is 2. The predicted molar refractivity (Wildman–Crippen MR) is 95.7 cm³/mol. The third kappa shape index (κ3) is 3.76. The molecule has 5 heteroatoms. The fourth-order valence-electron chi connectivity index (χ4n) is 3.98. The van der Waals surface area contributed by atoms with E-state index in [2.05, 4.69) is 6.58 Å². The zero-order valence-electron chi connectivity index (χ0n) is 14.6. The average Bonchev–Trinajstić information content (AvgIpc) is 2.65. The molecule has 1 atom stereocenters. The Morgan fingerprint density at radius 2 is 1.92 bits per heavy atom. The van der Waals surface area contributed by atoms with Crippen molar-refractivity contribution >= 4 is 11.8 Å². The largest absolute Gasteiger partial charge is 0.378 e. The van der Waals surface area contributed by atoms with E-state index in [-0.39, 0.29) is 17.2 Å². The summed E-state index contributed by atoms with van der Waals surface area (Å²) in [5, 5.41) is 10.3. The first kappa shape index (κ1) is 17.7. The number of piperidine rings is 2. The molecule has 2 heterocycles. The Morgan fingerprint density at radius 3 is 2.56 bits per heavy atom. The Morgan fingerprint density at radius 1 is 1.24 bits per heavy atom. The highest BCUT2D eigenvalue weighted by Crippen LogP contribution is 2.40. The molecule has 25 heavy (non-hydrogen) atoms. The van der Waals surface area contributed by atoms with Crippen LogP contribution in [0.5, 0.6) is 0 Å². The van der Waals surface area contributed by atoms with E-state index in [0.717, 1.165) is 25.8 Å². The van der Waals surface area contributed by atoms with Crippen LogP contribution in [0.1, 0.15) is 37.4 Å². The summed E-state index contributed by atoms with van der Waals surface area (Å²) in [6.45, 7) is 6.35. The minimum absolute atomic E-state index is 0.103. The highest BCUT2D eigenvalue weighted by Gasteiger charge is 2.42. The molecule has 2 fully saturated rings. The van der Waals surface area contributed by atoms with Gasteiger partial charge in [0.1, 0.15) is 0 Å². The van der Waals surface area contributed by atoms with Gasteiger partial charge in [0, 0.05) is 32.6 Å². The molecule has 0 aliphatic carbocycles. The maximum Gasteiger partial charge on any atom is 0.256 e. The Balaban J connectivity index is 1.60. The third-order valence-electron chi connectivity index (χ3n) is 5.58. The van der Waals surface area contributed by atoms with E-state index < -0.39 is 6.10 Å². The van der Waals surface area contributed by atoms with Crippen molar-refractivity contribution in [1.82, 2.24) is 9.80 Å². The number of hydrogen-bond acceptors (Lipinski definition) is 3. The van der Waals surface area contributed by atoms with Crippen molar-refractivity contribution in [1.29, 1.82) is 0 Å². The van der Waals surface area contributed by atoms with Gasteiger partial charge in [0.25, 0.3) is 5.91 Å². The maximum atomic E-state index is 12.6. The first-order valence-corrected chi connectivity index (χ1v) is 8.95. The fraction of sp³-hybridized carbons (Fsp3) is 0.500. The zero-order chi connectivity index (χ0) is 17.9. The molecule has 3 rings (SSSR count). The van der Waals surface area contributed by atoms with Gasteiger partial charge in [-0.25, -0.2) is 0 Å². The number of aliphatic hydroxyl groups is 1. The van der Waals surface area contributed by atoms with Crippen LogP contribution < -0.4 is 0 Å². The lowest BCUT2D eigenvalue weighted by atomic mass is 9.72. The third-order valence-corrected chi connectivity index (χ3v) is 5.58. The summed E-state index contributed by atoms with van der Waals surface area (Å²) < 4.78 is 0. The van der Waals surface area contributed by atoms with Crippen LogP contribution in [0.4, 0.5) is 0 Å². The molecule has 2 aliphatic rings. The smallest absolute Gasteiger partial charge is 0.256 e. The van der Waals surface area contributed by atoms with Crippen molar-refractivity contribution in [2.75, 3.05) is 26.2 Å². The number of nitrogens with zero attached hydrogens (tertiary/aromatic N) is 2. The Hall–Kier alpha value is -2.14. The summed E-state index contributed by atoms with van der Waals surface area (Å²) in [5.41, 5.74) is 0.735. The van der Waals surface area contributed by atoms with Gasteiger partial charge in [-0.3, -0.25) is 9.59 Å². The monoisotopic (exact) mass is 342 g/mol. The summed E-state index contributed by atoms with van der Waals surface area (Å²) in [5.74, 6) is -0.0283. The second-order valence-electron chi connectivity index (χ2n) is 7.20. The van der Waals surface area contributed by atoms with Crippen molar-refractivity contribution in [2.45, 2.75) is 31.8 Å². The lowest BCUT2D eigenvalue weighted by Gasteiger charge is -2.47. The predicted octanol–water partition coefficient (Wildman–Crippen LogP) is 2.14. The highest BCUT2D eigenvalue weighted by atomic mass is 16.3. The van der Waals surface area contributed by atoms with Crippen molar-refractivity contribution in [3.8, 4) is 0 Å². The lowest BCUT2D eigenvalue weighted by molar-refractivity contribution is -0.146. The van der Waals surface area contributed by atoms with Gasteiger partial charge in [-0.1, -0.05) is 36.4 Å². The van der Waals surface area contributed by atoms with E-state index in [1.807, 2.05) is 23.1 Å². The molecule has 1 unspecified atom stereocenters. The topological polar surface area (TPSA) is 60.9 Å². The number of likely N-dealkylation sites (tertiary alicyclic amines) is 2. The Kier molecular flexibility index (Phi) is 5.23. The Bertz CT molecular complexity index is 636. The standard InChI is InChI=1S/C20H26N2O3/c1-2-12-22-15-20(9-8-17(22)23)10-13-21(14-11-20)19(25)18(24)16-6-4-3-5-7-16/h2-7,18,24H,1,8-15H2. The second-order valence-corrected chi connectivity index (χ2v) is 7.20. The van der Waals surface area contributed by atoms with Crippen LogP contribution in [0, 0.1) is 5.41 Å². The minimum Gasteiger partial charge on any atom is -0.378 e. The van der Waals surface area contributed by atoms with Crippen LogP contribution in [-0.4, -0.2) is 52.9 Å². The van der Waals surface area contributed by atoms with Gasteiger partial charge in [-0.05, 0) is 30.2 Å². The van der Waals surface area contributed by atoms with Crippen molar-refractivity contribution in [3.63, 3.8) is 0 Å². The van der Waals surface area contributed by atoms with Crippen molar-refractivity contribution in [2.24, 2.45) is 5.41 Å². The lowest BCUT2D eigenvalue weighted by Crippen LogP contribution is -2.52. The maximum absolute atomic E-state index is 12.6. The van der Waals surface area contributed by atoms with E-state index in [4.69, 9.17) is 0 Å². The van der Waals surface area contributed by atoms with Gasteiger partial charge in [-0.2, -0.15) is 0 Å². The number of benzene rings is 1. The number of carbonyl (C=O) groups is 2. The number of rotatable bonds is 4. The number of aliphatic hydroxyl groups excluding tert-OH is 1. The molecule has 1 aromatic carbocycles. The van der Waals surface area contributed by atoms with Crippen molar-refractivity contribution < 1.29 is 14.7 Å². The van der Waals surface area contributed by atoms with Crippen LogP contribution in [0.2, 0.25) is 0 Å². The van der Waals surface area contributed by atoms with Crippen LogP contribution in [0.15, 0.2) is 43.0 Å². The minimum atomic E-state index is -1.10. The fourth-order valence-corrected chi connectivity index (χ4v) is 3.98. The van der Waals surface area contributed by atoms with Crippen LogP contribution in [0.3, 0.4) is 0 Å². The molecule has 0 saturated carbocycles. The van der Waals surface area contributed by atoms with Crippen LogP contribution in [-0.2, 0) is 9.59 Å². The number of carbonyl (C=O) groups excluding carboxylic acids is 2. The molecule has 1 aromatic rings. The van der Waals surface area contributed by atoms with Gasteiger partial charge in [0.2, 0.25) is 5.91 Å². The van der Waals surface area contributed by atoms with E-state index >= 15 is 0 Å². The van der Waals surface area contributed by atoms with Gasteiger partial charge in [0.05, 0.1) is 0 Å². The second kappa shape index (κ2) is 7.40. The van der Waals surface area contributed by atoms with E-state index in [9.17, 15) is 14.7 Å². The molecular weight excluding hydrogens is 316 g/mol. The van der Waals surface area contributed by atoms with E-state index in [0.29, 0.717) is 31.6 Å². The summed E-state index contributed by atoms with van der Waals surface area (Å²) in [6, 6.07) is 9.06. The molecule has 1 N–H and O–H groups in total. The summed E-state index contributed by atoms with van der Waals surface area (Å²) >= 11 is 0. The number of hydrogen-bond donors (Lipinski definition) is 1. The van der Waals surface area contributed by atoms with Crippen molar-refractivity contribution in [3.05, 3.63) is 48.6 Å².